The minimum Gasteiger partial charge on any atom is -0.508 e. The van der Waals surface area contributed by atoms with E-state index in [1.165, 1.54) is 5.56 Å². The number of fused-ring (bicyclic) bond motifs is 1. The van der Waals surface area contributed by atoms with Crippen LogP contribution >= 0.6 is 0 Å². The third kappa shape index (κ3) is 2.51. The summed E-state index contributed by atoms with van der Waals surface area (Å²) in [5, 5.41) is 15.4. The number of rotatable bonds is 2. The van der Waals surface area contributed by atoms with Crippen LogP contribution < -0.4 is 10.6 Å². The molecule has 3 N–H and O–H groups in total. The number of aromatic hydroxyl groups is 1. The third-order valence-corrected chi connectivity index (χ3v) is 3.55. The molecule has 1 heterocycles. The Morgan fingerprint density at radius 3 is 2.70 bits per heavy atom. The molecule has 0 saturated heterocycles. The summed E-state index contributed by atoms with van der Waals surface area (Å²) in [6, 6.07) is 14.5. The number of benzene rings is 2. The first-order valence-corrected chi connectivity index (χ1v) is 6.62. The second-order valence-corrected chi connectivity index (χ2v) is 4.92. The zero-order valence-electron chi connectivity index (χ0n) is 11.0. The molecule has 20 heavy (non-hydrogen) atoms. The zero-order chi connectivity index (χ0) is 13.9. The fraction of sp³-hybridized carbons (Fsp3) is 0.188. The van der Waals surface area contributed by atoms with E-state index in [0.29, 0.717) is 12.2 Å². The molecule has 0 spiro atoms. The fourth-order valence-electron chi connectivity index (χ4n) is 2.50. The Hall–Kier alpha value is -2.33. The molecule has 0 radical (unpaired) electrons. The van der Waals surface area contributed by atoms with Crippen molar-refractivity contribution < 1.29 is 9.90 Å². The lowest BCUT2D eigenvalue weighted by molar-refractivity contribution is -0.117. The highest BCUT2D eigenvalue weighted by Gasteiger charge is 2.25. The van der Waals surface area contributed by atoms with Crippen LogP contribution in [0, 0.1) is 0 Å². The second kappa shape index (κ2) is 5.35. The molecule has 0 fully saturated rings. The van der Waals surface area contributed by atoms with E-state index in [2.05, 4.69) is 10.6 Å². The summed E-state index contributed by atoms with van der Waals surface area (Å²) in [7, 11) is 0. The highest BCUT2D eigenvalue weighted by Crippen LogP contribution is 2.25. The van der Waals surface area contributed by atoms with Crippen LogP contribution in [0.25, 0.3) is 0 Å². The maximum Gasteiger partial charge on any atom is 0.233 e. The average Bonchev–Trinajstić information content (AvgIpc) is 2.49. The standard InChI is InChI=1S/C16H16N2O2/c19-13-7-5-12(6-8-13)18-16(20)15-10-17-9-11-3-1-2-4-14(11)15/h1-8,15,17,19H,9-10H2,(H,18,20). The largest absolute Gasteiger partial charge is 0.508 e. The molecule has 4 heteroatoms. The Kier molecular flexibility index (Phi) is 3.39. The van der Waals surface area contributed by atoms with Crippen molar-refractivity contribution in [2.24, 2.45) is 0 Å². The number of carbonyl (C=O) groups excluding carboxylic acids is 1. The van der Waals surface area contributed by atoms with Gasteiger partial charge in [-0.3, -0.25) is 4.79 Å². The molecule has 1 aliphatic heterocycles. The molecule has 0 aliphatic carbocycles. The molecule has 2 aromatic carbocycles. The molecule has 2 aromatic rings. The molecule has 102 valence electrons. The van der Waals surface area contributed by atoms with Crippen LogP contribution in [-0.4, -0.2) is 17.6 Å². The SMILES string of the molecule is O=C(Nc1ccc(O)cc1)C1CNCc2ccccc21. The first-order chi connectivity index (χ1) is 9.74. The highest BCUT2D eigenvalue weighted by atomic mass is 16.3. The second-order valence-electron chi connectivity index (χ2n) is 4.92. The van der Waals surface area contributed by atoms with Gasteiger partial charge >= 0.3 is 0 Å². The lowest BCUT2D eigenvalue weighted by Gasteiger charge is -2.25. The maximum atomic E-state index is 12.4. The van der Waals surface area contributed by atoms with Gasteiger partial charge < -0.3 is 15.7 Å². The van der Waals surface area contributed by atoms with E-state index in [-0.39, 0.29) is 17.6 Å². The Balaban J connectivity index is 1.80. The molecule has 4 nitrogen and oxygen atoms in total. The lowest BCUT2D eigenvalue weighted by atomic mass is 9.90. The first kappa shape index (κ1) is 12.7. The predicted molar refractivity (Wildman–Crippen MR) is 77.6 cm³/mol. The monoisotopic (exact) mass is 268 g/mol. The van der Waals surface area contributed by atoms with E-state index in [1.807, 2.05) is 24.3 Å². The van der Waals surface area contributed by atoms with Crippen LogP contribution in [0.15, 0.2) is 48.5 Å². The maximum absolute atomic E-state index is 12.4. The highest BCUT2D eigenvalue weighted by molar-refractivity contribution is 5.96. The first-order valence-electron chi connectivity index (χ1n) is 6.62. The van der Waals surface area contributed by atoms with Gasteiger partial charge in [0.1, 0.15) is 5.75 Å². The molecule has 0 bridgehead atoms. The minimum absolute atomic E-state index is 0.0321. The smallest absolute Gasteiger partial charge is 0.233 e. The minimum atomic E-state index is -0.186. The Morgan fingerprint density at radius 2 is 1.90 bits per heavy atom. The van der Waals surface area contributed by atoms with Crippen molar-refractivity contribution in [3.05, 3.63) is 59.7 Å². The van der Waals surface area contributed by atoms with Gasteiger partial charge in [0.2, 0.25) is 5.91 Å². The van der Waals surface area contributed by atoms with Gasteiger partial charge in [-0.25, -0.2) is 0 Å². The predicted octanol–water partition coefficient (Wildman–Crippen LogP) is 2.22. The molecule has 1 amide bonds. The zero-order valence-corrected chi connectivity index (χ0v) is 11.0. The Labute approximate surface area is 117 Å². The summed E-state index contributed by atoms with van der Waals surface area (Å²) in [6.07, 6.45) is 0. The van der Waals surface area contributed by atoms with E-state index in [0.717, 1.165) is 12.1 Å². The van der Waals surface area contributed by atoms with E-state index in [1.54, 1.807) is 24.3 Å². The van der Waals surface area contributed by atoms with Crippen LogP contribution in [0.2, 0.25) is 0 Å². The number of hydrogen-bond donors (Lipinski definition) is 3. The van der Waals surface area contributed by atoms with Crippen molar-refractivity contribution in [2.75, 3.05) is 11.9 Å². The molecule has 0 saturated carbocycles. The van der Waals surface area contributed by atoms with Gasteiger partial charge in [-0.15, -0.1) is 0 Å². The molecular formula is C16H16N2O2. The van der Waals surface area contributed by atoms with Crippen LogP contribution in [0.5, 0.6) is 5.75 Å². The lowest BCUT2D eigenvalue weighted by Crippen LogP contribution is -2.35. The van der Waals surface area contributed by atoms with Gasteiger partial charge in [-0.2, -0.15) is 0 Å². The van der Waals surface area contributed by atoms with E-state index < -0.39 is 0 Å². The summed E-state index contributed by atoms with van der Waals surface area (Å²) in [5.74, 6) is -0.0308. The Morgan fingerprint density at radius 1 is 1.15 bits per heavy atom. The Bertz CT molecular complexity index is 623. The number of hydrogen-bond acceptors (Lipinski definition) is 3. The number of carbonyl (C=O) groups is 1. The number of nitrogens with one attached hydrogen (secondary N) is 2. The number of anilines is 1. The van der Waals surface area contributed by atoms with Gasteiger partial charge in [-0.1, -0.05) is 24.3 Å². The van der Waals surface area contributed by atoms with Crippen molar-refractivity contribution >= 4 is 11.6 Å². The van der Waals surface area contributed by atoms with E-state index in [4.69, 9.17) is 0 Å². The van der Waals surface area contributed by atoms with Crippen LogP contribution in [0.1, 0.15) is 17.0 Å². The summed E-state index contributed by atoms with van der Waals surface area (Å²) in [5.41, 5.74) is 2.95. The molecule has 0 aromatic heterocycles. The normalized spacial score (nSPS) is 17.3. The number of phenols is 1. The molecule has 1 unspecified atom stereocenters. The average molecular weight is 268 g/mol. The van der Waals surface area contributed by atoms with Gasteiger partial charge in [0.15, 0.2) is 0 Å². The van der Waals surface area contributed by atoms with Crippen LogP contribution in [-0.2, 0) is 11.3 Å². The van der Waals surface area contributed by atoms with Gasteiger partial charge in [-0.05, 0) is 35.4 Å². The summed E-state index contributed by atoms with van der Waals surface area (Å²) in [6.45, 7) is 1.44. The molecular weight excluding hydrogens is 252 g/mol. The topological polar surface area (TPSA) is 61.4 Å². The van der Waals surface area contributed by atoms with Crippen molar-refractivity contribution in [1.82, 2.24) is 5.32 Å². The fourth-order valence-corrected chi connectivity index (χ4v) is 2.50. The van der Waals surface area contributed by atoms with Crippen LogP contribution in [0.4, 0.5) is 5.69 Å². The summed E-state index contributed by atoms with van der Waals surface area (Å²) >= 11 is 0. The van der Waals surface area contributed by atoms with Crippen LogP contribution in [0.3, 0.4) is 0 Å². The van der Waals surface area contributed by atoms with Gasteiger partial charge in [0.25, 0.3) is 0 Å². The van der Waals surface area contributed by atoms with Crippen molar-refractivity contribution in [3.63, 3.8) is 0 Å². The third-order valence-electron chi connectivity index (χ3n) is 3.55. The van der Waals surface area contributed by atoms with E-state index in [9.17, 15) is 9.90 Å². The molecule has 1 aliphatic rings. The molecule has 1 atom stereocenters. The number of phenolic OH excluding ortho intramolecular Hbond substituents is 1. The quantitative estimate of drug-likeness (QED) is 0.732. The van der Waals surface area contributed by atoms with Gasteiger partial charge in [0.05, 0.1) is 5.92 Å². The van der Waals surface area contributed by atoms with Crippen molar-refractivity contribution in [3.8, 4) is 5.75 Å². The summed E-state index contributed by atoms with van der Waals surface area (Å²) < 4.78 is 0. The van der Waals surface area contributed by atoms with Crippen molar-refractivity contribution in [1.29, 1.82) is 0 Å². The molecule has 3 rings (SSSR count). The van der Waals surface area contributed by atoms with Gasteiger partial charge in [0, 0.05) is 18.8 Å². The number of amides is 1. The summed E-state index contributed by atoms with van der Waals surface area (Å²) in [4.78, 5) is 12.4. The van der Waals surface area contributed by atoms with E-state index >= 15 is 0 Å². The van der Waals surface area contributed by atoms with Crippen molar-refractivity contribution in [2.45, 2.75) is 12.5 Å².